The Morgan fingerprint density at radius 2 is 1.85 bits per heavy atom. The fourth-order valence-corrected chi connectivity index (χ4v) is 5.55. The molecule has 2 aromatic rings. The zero-order valence-corrected chi connectivity index (χ0v) is 20.0. The van der Waals surface area contributed by atoms with Gasteiger partial charge in [0, 0.05) is 77.0 Å². The lowest BCUT2D eigenvalue weighted by atomic mass is 9.96. The molecule has 0 radical (unpaired) electrons. The van der Waals surface area contributed by atoms with Crippen molar-refractivity contribution < 1.29 is 4.79 Å². The maximum absolute atomic E-state index is 11.9. The summed E-state index contributed by atoms with van der Waals surface area (Å²) >= 11 is 0. The largest absolute Gasteiger partial charge is 0.373 e. The van der Waals surface area contributed by atoms with Crippen LogP contribution in [0.4, 0.5) is 11.5 Å². The minimum absolute atomic E-state index is 0.147. The minimum atomic E-state index is 0.147. The van der Waals surface area contributed by atoms with Crippen molar-refractivity contribution in [3.63, 3.8) is 0 Å². The van der Waals surface area contributed by atoms with Crippen LogP contribution < -0.4 is 10.2 Å². The average Bonchev–Trinajstić information content (AvgIpc) is 3.39. The van der Waals surface area contributed by atoms with Crippen LogP contribution in [0.1, 0.15) is 61.2 Å². The summed E-state index contributed by atoms with van der Waals surface area (Å²) in [6, 6.07) is 9.13. The first-order valence-corrected chi connectivity index (χ1v) is 12.5. The molecule has 0 saturated carbocycles. The van der Waals surface area contributed by atoms with E-state index in [1.807, 2.05) is 11.9 Å². The van der Waals surface area contributed by atoms with Crippen molar-refractivity contribution in [2.75, 3.05) is 50.0 Å². The second-order valence-electron chi connectivity index (χ2n) is 9.73. The van der Waals surface area contributed by atoms with E-state index in [1.54, 1.807) is 6.92 Å². The summed E-state index contributed by atoms with van der Waals surface area (Å²) in [5.74, 6) is 2.22. The van der Waals surface area contributed by atoms with E-state index in [0.717, 1.165) is 69.3 Å². The molecule has 1 atom stereocenters. The standard InChI is InChI=1S/C26H36N6O/c1-19(33)32-14-5-6-21(17-32)25-28-24-18-30(15-11-23(24)26(27-2)29-25)16-20-7-9-22(10-8-20)31-12-3-4-13-31/h7-10,21H,3-6,11-18H2,1-2H3,(H,27,28,29)/t21-/m1/s1. The Kier molecular flexibility index (Phi) is 6.49. The van der Waals surface area contributed by atoms with Gasteiger partial charge in [-0.05, 0) is 49.8 Å². The fourth-order valence-electron chi connectivity index (χ4n) is 5.55. The van der Waals surface area contributed by atoms with E-state index in [0.29, 0.717) is 0 Å². The Morgan fingerprint density at radius 1 is 1.06 bits per heavy atom. The third-order valence-electron chi connectivity index (χ3n) is 7.44. The topological polar surface area (TPSA) is 64.6 Å². The van der Waals surface area contributed by atoms with Crippen molar-refractivity contribution >= 4 is 17.4 Å². The number of amides is 1. The zero-order chi connectivity index (χ0) is 22.8. The van der Waals surface area contributed by atoms with Gasteiger partial charge in [-0.1, -0.05) is 12.1 Å². The molecule has 7 heteroatoms. The third-order valence-corrected chi connectivity index (χ3v) is 7.44. The molecule has 1 aromatic carbocycles. The molecule has 2 saturated heterocycles. The van der Waals surface area contributed by atoms with Crippen LogP contribution in [0.3, 0.4) is 0 Å². The minimum Gasteiger partial charge on any atom is -0.373 e. The Balaban J connectivity index is 1.30. The molecule has 0 unspecified atom stereocenters. The quantitative estimate of drug-likeness (QED) is 0.756. The van der Waals surface area contributed by atoms with E-state index >= 15 is 0 Å². The molecule has 5 rings (SSSR count). The van der Waals surface area contributed by atoms with Crippen molar-refractivity contribution in [1.82, 2.24) is 19.8 Å². The second-order valence-corrected chi connectivity index (χ2v) is 9.73. The van der Waals surface area contributed by atoms with Gasteiger partial charge in [-0.25, -0.2) is 9.97 Å². The van der Waals surface area contributed by atoms with E-state index in [4.69, 9.17) is 9.97 Å². The second kappa shape index (κ2) is 9.67. The zero-order valence-electron chi connectivity index (χ0n) is 20.0. The summed E-state index contributed by atoms with van der Waals surface area (Å²) in [6.45, 7) is 8.40. The van der Waals surface area contributed by atoms with Crippen LogP contribution in [-0.2, 0) is 24.3 Å². The SMILES string of the molecule is CNc1nc([C@@H]2CCCN(C(C)=O)C2)nc2c1CCN(Cc1ccc(N3CCCC3)cc1)C2. The molecule has 176 valence electrons. The number of piperidine rings is 1. The van der Waals surface area contributed by atoms with E-state index < -0.39 is 0 Å². The van der Waals surface area contributed by atoms with Gasteiger partial charge in [0.15, 0.2) is 0 Å². The monoisotopic (exact) mass is 448 g/mol. The van der Waals surface area contributed by atoms with E-state index in [9.17, 15) is 4.79 Å². The first kappa shape index (κ1) is 22.1. The molecule has 1 N–H and O–H groups in total. The summed E-state index contributed by atoms with van der Waals surface area (Å²) in [7, 11) is 1.95. The molecule has 0 bridgehead atoms. The molecule has 4 heterocycles. The number of benzene rings is 1. The van der Waals surface area contributed by atoms with Crippen molar-refractivity contribution in [3.8, 4) is 0 Å². The average molecular weight is 449 g/mol. The van der Waals surface area contributed by atoms with E-state index in [-0.39, 0.29) is 11.8 Å². The lowest BCUT2D eigenvalue weighted by Crippen LogP contribution is -2.38. The number of aromatic nitrogens is 2. The van der Waals surface area contributed by atoms with Gasteiger partial charge in [0.25, 0.3) is 0 Å². The predicted octanol–water partition coefficient (Wildman–Crippen LogP) is 3.40. The van der Waals surface area contributed by atoms with Gasteiger partial charge in [0.1, 0.15) is 11.6 Å². The first-order valence-electron chi connectivity index (χ1n) is 12.5. The first-order chi connectivity index (χ1) is 16.1. The Bertz CT molecular complexity index is 985. The predicted molar refractivity (Wildman–Crippen MR) is 132 cm³/mol. The van der Waals surface area contributed by atoms with Crippen LogP contribution in [0.2, 0.25) is 0 Å². The number of hydrogen-bond acceptors (Lipinski definition) is 6. The molecule has 0 spiro atoms. The molecule has 1 amide bonds. The number of likely N-dealkylation sites (tertiary alicyclic amines) is 1. The highest BCUT2D eigenvalue weighted by Crippen LogP contribution is 2.30. The van der Waals surface area contributed by atoms with Crippen LogP contribution in [0.25, 0.3) is 0 Å². The van der Waals surface area contributed by atoms with Crippen LogP contribution >= 0.6 is 0 Å². The molecule has 3 aliphatic rings. The number of anilines is 2. The lowest BCUT2D eigenvalue weighted by Gasteiger charge is -2.33. The van der Waals surface area contributed by atoms with Gasteiger partial charge in [0.2, 0.25) is 5.91 Å². The maximum Gasteiger partial charge on any atom is 0.219 e. The maximum atomic E-state index is 11.9. The molecule has 33 heavy (non-hydrogen) atoms. The Labute approximate surface area is 197 Å². The number of nitrogens with zero attached hydrogens (tertiary/aromatic N) is 5. The number of fused-ring (bicyclic) bond motifs is 1. The number of carbonyl (C=O) groups is 1. The van der Waals surface area contributed by atoms with Crippen LogP contribution in [0.5, 0.6) is 0 Å². The summed E-state index contributed by atoms with van der Waals surface area (Å²) in [5.41, 5.74) is 5.10. The van der Waals surface area contributed by atoms with Gasteiger partial charge in [-0.15, -0.1) is 0 Å². The Morgan fingerprint density at radius 3 is 2.58 bits per heavy atom. The fraction of sp³-hybridized carbons (Fsp3) is 0.577. The molecule has 7 nitrogen and oxygen atoms in total. The highest BCUT2D eigenvalue weighted by Gasteiger charge is 2.28. The van der Waals surface area contributed by atoms with Gasteiger partial charge in [-0.3, -0.25) is 9.69 Å². The van der Waals surface area contributed by atoms with Crippen molar-refractivity contribution in [2.24, 2.45) is 0 Å². The number of nitrogens with one attached hydrogen (secondary N) is 1. The summed E-state index contributed by atoms with van der Waals surface area (Å²) in [5, 5.41) is 3.31. The smallest absolute Gasteiger partial charge is 0.219 e. The van der Waals surface area contributed by atoms with Crippen molar-refractivity contribution in [1.29, 1.82) is 0 Å². The van der Waals surface area contributed by atoms with Gasteiger partial charge >= 0.3 is 0 Å². The van der Waals surface area contributed by atoms with Gasteiger partial charge in [-0.2, -0.15) is 0 Å². The summed E-state index contributed by atoms with van der Waals surface area (Å²) in [6.07, 6.45) is 5.63. The third kappa shape index (κ3) is 4.83. The molecule has 3 aliphatic heterocycles. The van der Waals surface area contributed by atoms with Crippen molar-refractivity contribution in [3.05, 3.63) is 46.9 Å². The van der Waals surface area contributed by atoms with E-state index in [1.165, 1.54) is 42.7 Å². The van der Waals surface area contributed by atoms with Crippen LogP contribution in [0.15, 0.2) is 24.3 Å². The number of rotatable bonds is 5. The normalized spacial score (nSPS) is 21.2. The summed E-state index contributed by atoms with van der Waals surface area (Å²) in [4.78, 5) is 28.8. The molecular weight excluding hydrogens is 412 g/mol. The van der Waals surface area contributed by atoms with Gasteiger partial charge < -0.3 is 15.1 Å². The number of hydrogen-bond donors (Lipinski definition) is 1. The molecule has 0 aliphatic carbocycles. The Hall–Kier alpha value is -2.67. The van der Waals surface area contributed by atoms with Crippen LogP contribution in [0, 0.1) is 0 Å². The summed E-state index contributed by atoms with van der Waals surface area (Å²) < 4.78 is 0. The van der Waals surface area contributed by atoms with Crippen molar-refractivity contribution in [2.45, 2.75) is 58.0 Å². The lowest BCUT2D eigenvalue weighted by molar-refractivity contribution is -0.130. The van der Waals surface area contributed by atoms with Crippen LogP contribution in [-0.4, -0.2) is 65.4 Å². The number of carbonyl (C=O) groups excluding carboxylic acids is 1. The molecule has 2 fully saturated rings. The van der Waals surface area contributed by atoms with E-state index in [2.05, 4.69) is 39.4 Å². The van der Waals surface area contributed by atoms with Gasteiger partial charge in [0.05, 0.1) is 5.69 Å². The molecular formula is C26H36N6O. The highest BCUT2D eigenvalue weighted by atomic mass is 16.2. The highest BCUT2D eigenvalue weighted by molar-refractivity contribution is 5.73. The molecule has 1 aromatic heterocycles.